The van der Waals surface area contributed by atoms with Crippen LogP contribution in [0.15, 0.2) is 11.8 Å². The fourth-order valence-electron chi connectivity index (χ4n) is 2.28. The minimum Gasteiger partial charge on any atom is -0.478 e. The van der Waals surface area contributed by atoms with Gasteiger partial charge in [-0.15, -0.1) is 0 Å². The van der Waals surface area contributed by atoms with Crippen molar-refractivity contribution in [1.29, 1.82) is 0 Å². The van der Waals surface area contributed by atoms with Crippen molar-refractivity contribution in [2.24, 2.45) is 0 Å². The van der Waals surface area contributed by atoms with Gasteiger partial charge in [0.2, 0.25) is 5.91 Å². The molecule has 0 bridgehead atoms. The Morgan fingerprint density at radius 3 is 2.94 bits per heavy atom. The van der Waals surface area contributed by atoms with Gasteiger partial charge in [-0.05, 0) is 19.0 Å². The molecule has 0 radical (unpaired) electrons. The van der Waals surface area contributed by atoms with Crippen molar-refractivity contribution in [3.63, 3.8) is 0 Å². The molecule has 0 aliphatic carbocycles. The van der Waals surface area contributed by atoms with Crippen molar-refractivity contribution in [3.8, 4) is 0 Å². The van der Waals surface area contributed by atoms with Gasteiger partial charge < -0.3 is 14.9 Å². The number of aliphatic hydroxyl groups is 1. The molecule has 0 spiro atoms. The number of ether oxygens (including phenoxy) is 1. The van der Waals surface area contributed by atoms with Crippen LogP contribution in [0.1, 0.15) is 19.8 Å². The second-order valence-electron chi connectivity index (χ2n) is 4.23. The van der Waals surface area contributed by atoms with Crippen LogP contribution in [0.2, 0.25) is 0 Å². The zero-order chi connectivity index (χ0) is 13.3. The predicted molar refractivity (Wildman–Crippen MR) is 60.2 cm³/mol. The van der Waals surface area contributed by atoms with Crippen LogP contribution in [-0.4, -0.2) is 52.0 Å². The van der Waals surface area contributed by atoms with Crippen LogP contribution in [-0.2, 0) is 14.3 Å². The third kappa shape index (κ3) is 1.58. The molecule has 2 heterocycles. The van der Waals surface area contributed by atoms with Crippen LogP contribution in [0.25, 0.3) is 0 Å². The average molecular weight is 256 g/mol. The SMILES string of the molecule is CCCN[C@]1(C(=O)O)/C(=C/CO)O[C@@H]2CC(=O)N21. The molecule has 2 aliphatic rings. The standard InChI is InChI=1S/C11H16N2O5/c1-2-4-12-11(10(16)17)7(3-5-14)18-9-6-8(15)13(9)11/h3,9,12,14H,2,4-6H2,1H3,(H,16,17)/b7-3-/t9-,11-/m1/s1. The van der Waals surface area contributed by atoms with Crippen molar-refractivity contribution < 1.29 is 24.5 Å². The summed E-state index contributed by atoms with van der Waals surface area (Å²) in [7, 11) is 0. The molecule has 0 saturated carbocycles. The highest BCUT2D eigenvalue weighted by molar-refractivity contribution is 5.94. The monoisotopic (exact) mass is 256 g/mol. The number of hydrogen-bond donors (Lipinski definition) is 3. The van der Waals surface area contributed by atoms with E-state index in [0.717, 1.165) is 0 Å². The second-order valence-corrected chi connectivity index (χ2v) is 4.23. The van der Waals surface area contributed by atoms with Gasteiger partial charge in [0.05, 0.1) is 13.0 Å². The molecule has 7 heteroatoms. The molecule has 18 heavy (non-hydrogen) atoms. The molecule has 7 nitrogen and oxygen atoms in total. The number of carboxylic acid groups (broad SMARTS) is 1. The van der Waals surface area contributed by atoms with E-state index in [0.29, 0.717) is 13.0 Å². The highest BCUT2D eigenvalue weighted by atomic mass is 16.5. The number of carbonyl (C=O) groups is 2. The van der Waals surface area contributed by atoms with E-state index in [1.54, 1.807) is 0 Å². The number of nitrogens with zero attached hydrogens (tertiary/aromatic N) is 1. The van der Waals surface area contributed by atoms with Crippen LogP contribution in [0.4, 0.5) is 0 Å². The number of nitrogens with one attached hydrogen (secondary N) is 1. The third-order valence-corrected chi connectivity index (χ3v) is 3.10. The van der Waals surface area contributed by atoms with E-state index in [1.807, 2.05) is 6.92 Å². The molecule has 0 aromatic carbocycles. The molecule has 2 atom stereocenters. The lowest BCUT2D eigenvalue weighted by Crippen LogP contribution is -2.69. The maximum absolute atomic E-state index is 11.6. The molecule has 0 aromatic rings. The highest BCUT2D eigenvalue weighted by Gasteiger charge is 2.64. The second kappa shape index (κ2) is 4.58. The van der Waals surface area contributed by atoms with Gasteiger partial charge in [0.25, 0.3) is 5.66 Å². The van der Waals surface area contributed by atoms with E-state index in [4.69, 9.17) is 9.84 Å². The number of carboxylic acids is 1. The van der Waals surface area contributed by atoms with Crippen molar-refractivity contribution in [1.82, 2.24) is 10.2 Å². The first-order valence-electron chi connectivity index (χ1n) is 5.86. The summed E-state index contributed by atoms with van der Waals surface area (Å²) in [5, 5.41) is 21.3. The summed E-state index contributed by atoms with van der Waals surface area (Å²) in [4.78, 5) is 24.4. The van der Waals surface area contributed by atoms with Gasteiger partial charge in [-0.1, -0.05) is 6.92 Å². The summed E-state index contributed by atoms with van der Waals surface area (Å²) in [6.45, 7) is 1.98. The minimum absolute atomic E-state index is 0.0850. The number of rotatable bonds is 5. The number of aliphatic hydroxyl groups excluding tert-OH is 1. The Morgan fingerprint density at radius 2 is 2.44 bits per heavy atom. The summed E-state index contributed by atoms with van der Waals surface area (Å²) in [6, 6.07) is 0. The van der Waals surface area contributed by atoms with E-state index in [9.17, 15) is 14.7 Å². The summed E-state index contributed by atoms with van der Waals surface area (Å²) >= 11 is 0. The maximum atomic E-state index is 11.6. The zero-order valence-corrected chi connectivity index (χ0v) is 10.0. The molecular weight excluding hydrogens is 240 g/mol. The van der Waals surface area contributed by atoms with E-state index in [-0.39, 0.29) is 24.7 Å². The van der Waals surface area contributed by atoms with Crippen molar-refractivity contribution >= 4 is 11.9 Å². The molecule has 2 aliphatic heterocycles. The maximum Gasteiger partial charge on any atom is 0.353 e. The lowest BCUT2D eigenvalue weighted by molar-refractivity contribution is -0.172. The Bertz CT molecular complexity index is 408. The normalized spacial score (nSPS) is 32.1. The van der Waals surface area contributed by atoms with Gasteiger partial charge in [-0.2, -0.15) is 0 Å². The van der Waals surface area contributed by atoms with Gasteiger partial charge in [-0.3, -0.25) is 15.0 Å². The molecule has 2 fully saturated rings. The number of aliphatic carboxylic acids is 1. The van der Waals surface area contributed by atoms with Gasteiger partial charge in [0.15, 0.2) is 6.23 Å². The van der Waals surface area contributed by atoms with Crippen LogP contribution in [0.3, 0.4) is 0 Å². The average Bonchev–Trinajstić information content (AvgIpc) is 2.56. The highest BCUT2D eigenvalue weighted by Crippen LogP contribution is 2.42. The number of amides is 1. The van der Waals surface area contributed by atoms with Crippen LogP contribution < -0.4 is 5.32 Å². The van der Waals surface area contributed by atoms with Crippen LogP contribution >= 0.6 is 0 Å². The Balaban J connectivity index is 2.39. The van der Waals surface area contributed by atoms with E-state index < -0.39 is 17.9 Å². The van der Waals surface area contributed by atoms with Gasteiger partial charge in [0.1, 0.15) is 5.76 Å². The lowest BCUT2D eigenvalue weighted by Gasteiger charge is -2.40. The fourth-order valence-corrected chi connectivity index (χ4v) is 2.28. The lowest BCUT2D eigenvalue weighted by atomic mass is 10.0. The minimum atomic E-state index is -1.67. The van der Waals surface area contributed by atoms with Gasteiger partial charge in [-0.25, -0.2) is 4.79 Å². The van der Waals surface area contributed by atoms with E-state index in [1.165, 1.54) is 11.0 Å². The Morgan fingerprint density at radius 1 is 1.72 bits per heavy atom. The molecule has 0 aromatic heterocycles. The Labute approximate surface area is 104 Å². The first-order chi connectivity index (χ1) is 8.57. The number of fused-ring (bicyclic) bond motifs is 1. The molecule has 2 rings (SSSR count). The van der Waals surface area contributed by atoms with Crippen molar-refractivity contribution in [2.45, 2.75) is 31.7 Å². The number of hydrogen-bond acceptors (Lipinski definition) is 5. The quantitative estimate of drug-likeness (QED) is 0.559. The van der Waals surface area contributed by atoms with Gasteiger partial charge in [0, 0.05) is 0 Å². The summed E-state index contributed by atoms with van der Waals surface area (Å²) in [5.74, 6) is -1.39. The van der Waals surface area contributed by atoms with Crippen LogP contribution in [0.5, 0.6) is 0 Å². The van der Waals surface area contributed by atoms with Gasteiger partial charge >= 0.3 is 5.97 Å². The van der Waals surface area contributed by atoms with Crippen LogP contribution in [0, 0.1) is 0 Å². The Kier molecular flexibility index (Phi) is 3.27. The third-order valence-electron chi connectivity index (χ3n) is 3.10. The zero-order valence-electron chi connectivity index (χ0n) is 10.0. The number of β-lactam (4-membered cyclic amide) rings is 1. The molecule has 3 N–H and O–H groups in total. The topological polar surface area (TPSA) is 99.1 Å². The molecule has 2 saturated heterocycles. The summed E-state index contributed by atoms with van der Waals surface area (Å²) in [5.41, 5.74) is -1.67. The molecule has 0 unspecified atom stereocenters. The molecule has 1 amide bonds. The summed E-state index contributed by atoms with van der Waals surface area (Å²) in [6.07, 6.45) is 1.62. The first kappa shape index (κ1) is 12.8. The predicted octanol–water partition coefficient (Wildman–Crippen LogP) is -0.768. The van der Waals surface area contributed by atoms with Crippen molar-refractivity contribution in [2.75, 3.05) is 13.2 Å². The number of carbonyl (C=O) groups excluding carboxylic acids is 1. The fraction of sp³-hybridized carbons (Fsp3) is 0.636. The van der Waals surface area contributed by atoms with E-state index in [2.05, 4.69) is 5.32 Å². The van der Waals surface area contributed by atoms with Crippen molar-refractivity contribution in [3.05, 3.63) is 11.8 Å². The summed E-state index contributed by atoms with van der Waals surface area (Å²) < 4.78 is 5.41. The smallest absolute Gasteiger partial charge is 0.353 e. The molecular formula is C11H16N2O5. The Hall–Kier alpha value is -1.60. The largest absolute Gasteiger partial charge is 0.478 e. The van der Waals surface area contributed by atoms with E-state index >= 15 is 0 Å². The molecule has 100 valence electrons. The first-order valence-corrected chi connectivity index (χ1v) is 5.86.